The molecule has 1 amide bonds. The molecule has 3 aromatic rings. The van der Waals surface area contributed by atoms with Gasteiger partial charge in [0.15, 0.2) is 5.69 Å². The fourth-order valence-electron chi connectivity index (χ4n) is 2.97. The van der Waals surface area contributed by atoms with Gasteiger partial charge in [-0.05, 0) is 35.4 Å². The van der Waals surface area contributed by atoms with E-state index in [0.717, 1.165) is 16.9 Å². The molecule has 3 heterocycles. The molecule has 0 unspecified atom stereocenters. The van der Waals surface area contributed by atoms with Crippen LogP contribution < -0.4 is 10.1 Å². The van der Waals surface area contributed by atoms with Crippen molar-refractivity contribution in [2.45, 2.75) is 25.8 Å². The Morgan fingerprint density at radius 3 is 2.78 bits per heavy atom. The quantitative estimate of drug-likeness (QED) is 0.742. The van der Waals surface area contributed by atoms with Crippen molar-refractivity contribution in [2.75, 3.05) is 7.11 Å². The van der Waals surface area contributed by atoms with Crippen LogP contribution in [0.3, 0.4) is 0 Å². The number of nitrogens with zero attached hydrogens (tertiary/aromatic N) is 4. The number of aromatic nitrogens is 4. The highest BCUT2D eigenvalue weighted by Gasteiger charge is 2.27. The number of rotatable bonds is 5. The lowest BCUT2D eigenvalue weighted by atomic mass is 10.1. The van der Waals surface area contributed by atoms with Crippen LogP contribution in [0.2, 0.25) is 0 Å². The van der Waals surface area contributed by atoms with E-state index in [1.165, 1.54) is 0 Å². The summed E-state index contributed by atoms with van der Waals surface area (Å²) in [5.41, 5.74) is 2.99. The molecule has 8 nitrogen and oxygen atoms in total. The van der Waals surface area contributed by atoms with E-state index in [2.05, 4.69) is 20.6 Å². The zero-order valence-corrected chi connectivity index (χ0v) is 14.8. The number of hydrogen-bond acceptors (Lipinski definition) is 6. The summed E-state index contributed by atoms with van der Waals surface area (Å²) in [5.74, 6) is 0.531. The van der Waals surface area contributed by atoms with Crippen LogP contribution in [0.1, 0.15) is 33.4 Å². The first-order chi connectivity index (χ1) is 13.2. The Hall–Kier alpha value is -3.26. The first-order valence-corrected chi connectivity index (χ1v) is 8.59. The molecule has 138 valence electrons. The first kappa shape index (κ1) is 17.2. The number of hydrogen-bond donors (Lipinski definition) is 1. The minimum Gasteiger partial charge on any atom is -0.497 e. The monoisotopic (exact) mass is 365 g/mol. The van der Waals surface area contributed by atoms with Crippen molar-refractivity contribution in [1.82, 2.24) is 25.3 Å². The van der Waals surface area contributed by atoms with Gasteiger partial charge in [0.1, 0.15) is 11.9 Å². The van der Waals surface area contributed by atoms with Gasteiger partial charge < -0.3 is 14.8 Å². The number of benzene rings is 1. The van der Waals surface area contributed by atoms with E-state index in [1.807, 2.05) is 36.4 Å². The van der Waals surface area contributed by atoms with Crippen LogP contribution in [-0.4, -0.2) is 33.0 Å². The highest BCUT2D eigenvalue weighted by atomic mass is 16.5. The molecule has 1 N–H and O–H groups in total. The van der Waals surface area contributed by atoms with Gasteiger partial charge in [-0.15, -0.1) is 5.10 Å². The first-order valence-electron chi connectivity index (χ1n) is 8.59. The fourth-order valence-corrected chi connectivity index (χ4v) is 2.97. The third-order valence-corrected chi connectivity index (χ3v) is 4.50. The summed E-state index contributed by atoms with van der Waals surface area (Å²) in [7, 11) is 1.63. The van der Waals surface area contributed by atoms with Crippen molar-refractivity contribution in [1.29, 1.82) is 0 Å². The summed E-state index contributed by atoms with van der Waals surface area (Å²) in [6.07, 6.45) is 3.24. The van der Waals surface area contributed by atoms with Gasteiger partial charge >= 0.3 is 0 Å². The number of carbonyl (C=O) groups is 1. The third-order valence-electron chi connectivity index (χ3n) is 4.50. The van der Waals surface area contributed by atoms with Crippen molar-refractivity contribution in [3.05, 3.63) is 71.3 Å². The summed E-state index contributed by atoms with van der Waals surface area (Å²) < 4.78 is 12.9. The molecule has 1 atom stereocenters. The maximum atomic E-state index is 12.5. The predicted molar refractivity (Wildman–Crippen MR) is 96.0 cm³/mol. The van der Waals surface area contributed by atoms with Crippen LogP contribution in [0.4, 0.5) is 0 Å². The molecule has 1 aromatic carbocycles. The number of amides is 1. The molecule has 1 aliphatic heterocycles. The Labute approximate surface area is 156 Å². The van der Waals surface area contributed by atoms with E-state index in [0.29, 0.717) is 24.5 Å². The van der Waals surface area contributed by atoms with Gasteiger partial charge in [0, 0.05) is 18.9 Å². The number of methoxy groups -OCH3 is 1. The molecule has 0 aliphatic carbocycles. The number of ether oxygens (including phenoxy) is 2. The van der Waals surface area contributed by atoms with Gasteiger partial charge in [0.2, 0.25) is 0 Å². The minimum atomic E-state index is -0.264. The molecular formula is C19H19N5O3. The minimum absolute atomic E-state index is 0.141. The van der Waals surface area contributed by atoms with Crippen molar-refractivity contribution in [3.63, 3.8) is 0 Å². The van der Waals surface area contributed by atoms with Crippen LogP contribution in [0.25, 0.3) is 0 Å². The zero-order valence-electron chi connectivity index (χ0n) is 14.8. The lowest BCUT2D eigenvalue weighted by Crippen LogP contribution is -2.27. The second-order valence-electron chi connectivity index (χ2n) is 6.18. The molecule has 0 radical (unpaired) electrons. The summed E-state index contributed by atoms with van der Waals surface area (Å²) in [4.78, 5) is 16.4. The fraction of sp³-hybridized carbons (Fsp3) is 0.263. The van der Waals surface area contributed by atoms with E-state index in [4.69, 9.17) is 9.47 Å². The molecule has 0 saturated carbocycles. The highest BCUT2D eigenvalue weighted by Crippen LogP contribution is 2.28. The summed E-state index contributed by atoms with van der Waals surface area (Å²) in [5, 5.41) is 11.0. The van der Waals surface area contributed by atoms with Crippen molar-refractivity contribution in [2.24, 2.45) is 0 Å². The van der Waals surface area contributed by atoms with Crippen LogP contribution >= 0.6 is 0 Å². The lowest BCUT2D eigenvalue weighted by molar-refractivity contribution is -0.00179. The normalized spacial score (nSPS) is 15.8. The lowest BCUT2D eigenvalue weighted by Gasteiger charge is -2.24. The van der Waals surface area contributed by atoms with Crippen molar-refractivity contribution in [3.8, 4) is 5.75 Å². The number of carbonyl (C=O) groups excluding carboxylic acids is 1. The van der Waals surface area contributed by atoms with Gasteiger partial charge in [-0.25, -0.2) is 4.68 Å². The standard InChI is InChI=1S/C19H19N5O3/c1-26-15-4-2-14(3-5-15)17-11-24-16(12-27-17)18(22-23-24)19(25)21-10-13-6-8-20-9-7-13/h2-9,17H,10-12H2,1H3,(H,21,25)/t17-/m1/s1. The van der Waals surface area contributed by atoms with Gasteiger partial charge in [-0.3, -0.25) is 9.78 Å². The molecule has 8 heteroatoms. The maximum absolute atomic E-state index is 12.5. The summed E-state index contributed by atoms with van der Waals surface area (Å²) >= 11 is 0. The maximum Gasteiger partial charge on any atom is 0.274 e. The number of nitrogens with one attached hydrogen (secondary N) is 1. The van der Waals surface area contributed by atoms with E-state index in [-0.39, 0.29) is 18.6 Å². The van der Waals surface area contributed by atoms with E-state index in [9.17, 15) is 4.79 Å². The van der Waals surface area contributed by atoms with E-state index >= 15 is 0 Å². The van der Waals surface area contributed by atoms with Crippen molar-refractivity contribution < 1.29 is 14.3 Å². The van der Waals surface area contributed by atoms with Crippen LogP contribution in [0, 0.1) is 0 Å². The average molecular weight is 365 g/mol. The molecule has 4 rings (SSSR count). The molecular weight excluding hydrogens is 346 g/mol. The van der Waals surface area contributed by atoms with Crippen molar-refractivity contribution >= 4 is 5.91 Å². The average Bonchev–Trinajstić information content (AvgIpc) is 3.16. The molecule has 1 aliphatic rings. The topological polar surface area (TPSA) is 91.2 Å². The molecule has 0 saturated heterocycles. The number of pyridine rings is 1. The van der Waals surface area contributed by atoms with Gasteiger partial charge in [0.05, 0.1) is 26.0 Å². The van der Waals surface area contributed by atoms with E-state index in [1.54, 1.807) is 24.2 Å². The van der Waals surface area contributed by atoms with Gasteiger partial charge in [-0.2, -0.15) is 0 Å². The third kappa shape index (κ3) is 3.65. The highest BCUT2D eigenvalue weighted by molar-refractivity contribution is 5.93. The Balaban J connectivity index is 1.44. The predicted octanol–water partition coefficient (Wildman–Crippen LogP) is 1.88. The second-order valence-corrected chi connectivity index (χ2v) is 6.18. The summed E-state index contributed by atoms with van der Waals surface area (Å²) in [6, 6.07) is 11.4. The molecule has 0 fully saturated rings. The summed E-state index contributed by atoms with van der Waals surface area (Å²) in [6.45, 7) is 1.19. The van der Waals surface area contributed by atoms with Crippen LogP contribution in [0.5, 0.6) is 5.75 Å². The largest absolute Gasteiger partial charge is 0.497 e. The van der Waals surface area contributed by atoms with Crippen LogP contribution in [0.15, 0.2) is 48.8 Å². The Bertz CT molecular complexity index is 924. The van der Waals surface area contributed by atoms with Crippen LogP contribution in [-0.2, 0) is 24.4 Å². The molecule has 27 heavy (non-hydrogen) atoms. The Kier molecular flexibility index (Phi) is 4.80. The zero-order chi connectivity index (χ0) is 18.6. The van der Waals surface area contributed by atoms with E-state index < -0.39 is 0 Å². The SMILES string of the molecule is COc1ccc([C@H]2Cn3nnc(C(=O)NCc4ccncc4)c3CO2)cc1. The van der Waals surface area contributed by atoms with Gasteiger partial charge in [-0.1, -0.05) is 17.3 Å². The smallest absolute Gasteiger partial charge is 0.274 e. The van der Waals surface area contributed by atoms with Gasteiger partial charge in [0.25, 0.3) is 5.91 Å². The molecule has 2 aromatic heterocycles. The molecule has 0 spiro atoms. The Morgan fingerprint density at radius 2 is 2.04 bits per heavy atom. The Morgan fingerprint density at radius 1 is 1.26 bits per heavy atom. The number of fused-ring (bicyclic) bond motifs is 1. The molecule has 0 bridgehead atoms. The second kappa shape index (κ2) is 7.55.